The molecule has 4 N–H and O–H groups in total. The topological polar surface area (TPSA) is 148 Å². The van der Waals surface area contributed by atoms with Gasteiger partial charge < -0.3 is 29.5 Å². The van der Waals surface area contributed by atoms with Crippen LogP contribution < -0.4 is 15.7 Å². The van der Waals surface area contributed by atoms with Crippen LogP contribution >= 0.6 is 19.9 Å². The van der Waals surface area contributed by atoms with E-state index in [1.807, 2.05) is 44.2 Å². The second-order valence-electron chi connectivity index (χ2n) is 11.7. The van der Waals surface area contributed by atoms with Gasteiger partial charge in [0.2, 0.25) is 17.6 Å². The summed E-state index contributed by atoms with van der Waals surface area (Å²) >= 11 is 1.35. The number of nitrogens with one attached hydrogen (secondary N) is 3. The van der Waals surface area contributed by atoms with Gasteiger partial charge in [0, 0.05) is 11.6 Å². The molecule has 5 atom stereocenters. The Morgan fingerprint density at radius 2 is 1.84 bits per heavy atom. The fourth-order valence-corrected chi connectivity index (χ4v) is 7.25. The van der Waals surface area contributed by atoms with Crippen molar-refractivity contribution in [3.8, 4) is 0 Å². The molecule has 1 saturated carbocycles. The molecule has 0 bridgehead atoms. The Kier molecular flexibility index (Phi) is 13.0. The monoisotopic (exact) mass is 646 g/mol. The molecule has 1 unspecified atom stereocenters. The third kappa shape index (κ3) is 9.99. The van der Waals surface area contributed by atoms with Gasteiger partial charge in [-0.2, -0.15) is 0 Å². The number of carbonyl (C=O) groups is 3. The molecule has 2 aliphatic rings. The number of aromatic nitrogens is 1. The van der Waals surface area contributed by atoms with Crippen molar-refractivity contribution in [1.82, 2.24) is 20.7 Å². The van der Waals surface area contributed by atoms with E-state index in [4.69, 9.17) is 13.8 Å². The Balaban J connectivity index is 1.50. The third-order valence-corrected chi connectivity index (χ3v) is 9.77. The molecule has 11 nitrogen and oxygen atoms in total. The fraction of sp³-hybridized carbons (Fsp3) is 0.548. The van der Waals surface area contributed by atoms with Crippen LogP contribution in [-0.2, 0) is 34.6 Å². The maximum absolute atomic E-state index is 13.8. The van der Waals surface area contributed by atoms with Crippen LogP contribution in [-0.4, -0.2) is 53.1 Å². The number of methoxy groups -OCH3 is 1. The van der Waals surface area contributed by atoms with E-state index in [1.54, 1.807) is 11.6 Å². The van der Waals surface area contributed by atoms with Gasteiger partial charge >= 0.3 is 14.5 Å². The van der Waals surface area contributed by atoms with Crippen molar-refractivity contribution < 1.29 is 33.3 Å². The third-order valence-electron chi connectivity index (χ3n) is 7.77. The number of carbonyl (C=O) groups excluding carboxylic acids is 3. The highest BCUT2D eigenvalue weighted by Crippen LogP contribution is 2.40. The van der Waals surface area contributed by atoms with E-state index < -0.39 is 44.6 Å². The molecule has 2 aromatic rings. The standard InChI is InChI=1S/C31H43N4O7PS/c1-20(2)16-24(28(37)33-23(17-21-10-6-4-7-11-21)27(36)30-32-14-15-44-30)34-29(38)25(18-22-12-8-5-9-13-22)35-43-41-19-26(40-3)31(39)42-43/h5,8-9,12-15,19-21,23-25,27,35-36H,4,6-7,10-11,16-18H2,1-3H3,(H,33,37)(H,34,38)/t23?,24-,25-,27+,43-/m0/s1. The molecule has 0 saturated heterocycles. The molecule has 1 aromatic heterocycles. The minimum absolute atomic E-state index is 0.0778. The van der Waals surface area contributed by atoms with Crippen molar-refractivity contribution in [1.29, 1.82) is 0 Å². The van der Waals surface area contributed by atoms with Crippen molar-refractivity contribution in [3.63, 3.8) is 0 Å². The molecule has 0 spiro atoms. The molecule has 1 aromatic carbocycles. The molecular weight excluding hydrogens is 603 g/mol. The second-order valence-corrected chi connectivity index (χ2v) is 13.8. The molecule has 13 heteroatoms. The van der Waals surface area contributed by atoms with Gasteiger partial charge in [0.05, 0.1) is 19.2 Å². The van der Waals surface area contributed by atoms with Crippen LogP contribution in [0.25, 0.3) is 0 Å². The normalized spacial score (nSPS) is 20.0. The quantitative estimate of drug-likeness (QED) is 0.203. The largest absolute Gasteiger partial charge is 0.488 e. The molecule has 1 fully saturated rings. The number of rotatable bonds is 15. The molecule has 1 aliphatic carbocycles. The highest BCUT2D eigenvalue weighted by molar-refractivity contribution is 7.45. The predicted molar refractivity (Wildman–Crippen MR) is 168 cm³/mol. The first-order valence-corrected chi connectivity index (χ1v) is 17.2. The Morgan fingerprint density at radius 1 is 1.11 bits per heavy atom. The van der Waals surface area contributed by atoms with E-state index in [-0.39, 0.29) is 24.0 Å². The zero-order chi connectivity index (χ0) is 31.5. The van der Waals surface area contributed by atoms with Crippen LogP contribution in [0.3, 0.4) is 0 Å². The Hall–Kier alpha value is -3.05. The van der Waals surface area contributed by atoms with Gasteiger partial charge in [-0.1, -0.05) is 76.3 Å². The summed E-state index contributed by atoms with van der Waals surface area (Å²) in [6, 6.07) is 7.12. The van der Waals surface area contributed by atoms with Crippen LogP contribution in [0.5, 0.6) is 0 Å². The van der Waals surface area contributed by atoms with E-state index in [0.29, 0.717) is 23.8 Å². The number of benzene rings is 1. The van der Waals surface area contributed by atoms with Gasteiger partial charge in [-0.3, -0.25) is 9.59 Å². The van der Waals surface area contributed by atoms with Crippen LogP contribution in [0.2, 0.25) is 0 Å². The molecule has 1 aliphatic heterocycles. The SMILES string of the molecule is COC1=CO[P@](N[C@@H](Cc2ccccc2)C(=O)N[C@@H](CC(C)C)C(=O)NC(CC2CCCCC2)[C@@H](O)c2nccs2)OC1=O. The van der Waals surface area contributed by atoms with Crippen molar-refractivity contribution >= 4 is 37.6 Å². The molecule has 44 heavy (non-hydrogen) atoms. The maximum Gasteiger partial charge on any atom is 0.384 e. The smallest absolute Gasteiger partial charge is 0.384 e. The zero-order valence-corrected chi connectivity index (χ0v) is 27.2. The van der Waals surface area contributed by atoms with Gasteiger partial charge in [-0.15, -0.1) is 11.3 Å². The summed E-state index contributed by atoms with van der Waals surface area (Å²) in [7, 11) is -0.646. The number of ether oxygens (including phenoxy) is 1. The second kappa shape index (κ2) is 16.9. The lowest BCUT2D eigenvalue weighted by Gasteiger charge is -2.31. The average molecular weight is 647 g/mol. The van der Waals surface area contributed by atoms with Crippen molar-refractivity contribution in [2.24, 2.45) is 11.8 Å². The lowest BCUT2D eigenvalue weighted by atomic mass is 9.83. The first-order chi connectivity index (χ1) is 21.2. The van der Waals surface area contributed by atoms with Crippen molar-refractivity contribution in [2.45, 2.75) is 89.4 Å². The van der Waals surface area contributed by atoms with E-state index in [2.05, 4.69) is 20.7 Å². The molecule has 2 amide bonds. The number of hydrogen-bond acceptors (Lipinski definition) is 10. The predicted octanol–water partition coefficient (Wildman–Crippen LogP) is 4.65. The van der Waals surface area contributed by atoms with E-state index >= 15 is 0 Å². The van der Waals surface area contributed by atoms with Gasteiger partial charge in [0.15, 0.2) is 0 Å². The number of nitrogens with zero attached hydrogens (tertiary/aromatic N) is 1. The van der Waals surface area contributed by atoms with Crippen LogP contribution in [0, 0.1) is 11.8 Å². The molecule has 4 rings (SSSR count). The highest BCUT2D eigenvalue weighted by Gasteiger charge is 2.35. The summed E-state index contributed by atoms with van der Waals surface area (Å²) in [5, 5.41) is 22.7. The molecular formula is C31H43N4O7PS. The van der Waals surface area contributed by atoms with Crippen molar-refractivity contribution in [3.05, 3.63) is 64.5 Å². The number of aliphatic hydroxyl groups excluding tert-OH is 1. The Morgan fingerprint density at radius 3 is 2.48 bits per heavy atom. The van der Waals surface area contributed by atoms with E-state index in [1.165, 1.54) is 24.9 Å². The maximum atomic E-state index is 13.8. The number of amides is 2. The summed E-state index contributed by atoms with van der Waals surface area (Å²) in [5.41, 5.74) is 0.871. The first-order valence-electron chi connectivity index (χ1n) is 15.1. The molecule has 240 valence electrons. The van der Waals surface area contributed by atoms with E-state index in [9.17, 15) is 19.5 Å². The van der Waals surface area contributed by atoms with Crippen LogP contribution in [0.4, 0.5) is 0 Å². The Labute approximate surface area is 264 Å². The van der Waals surface area contributed by atoms with Crippen molar-refractivity contribution in [2.75, 3.05) is 7.11 Å². The fourth-order valence-electron chi connectivity index (χ4n) is 5.51. The summed E-state index contributed by atoms with van der Waals surface area (Å²) < 4.78 is 15.8. The molecule has 0 radical (unpaired) electrons. The zero-order valence-electron chi connectivity index (χ0n) is 25.4. The summed E-state index contributed by atoms with van der Waals surface area (Å²) in [6.07, 6.45) is 8.76. The lowest BCUT2D eigenvalue weighted by molar-refractivity contribution is -0.135. The van der Waals surface area contributed by atoms with Gasteiger partial charge in [0.1, 0.15) is 23.4 Å². The first kappa shape index (κ1) is 33.8. The van der Waals surface area contributed by atoms with Gasteiger partial charge in [-0.05, 0) is 36.7 Å². The number of aliphatic hydroxyl groups is 1. The summed E-state index contributed by atoms with van der Waals surface area (Å²) in [5.74, 6) is -1.09. The summed E-state index contributed by atoms with van der Waals surface area (Å²) in [6.45, 7) is 3.96. The number of hydrogen-bond donors (Lipinski definition) is 4. The van der Waals surface area contributed by atoms with Crippen LogP contribution in [0.1, 0.15) is 75.5 Å². The average Bonchev–Trinajstić information content (AvgIpc) is 3.56. The number of thiazole rings is 1. The molecule has 2 heterocycles. The van der Waals surface area contributed by atoms with Gasteiger partial charge in [-0.25, -0.2) is 14.9 Å². The lowest BCUT2D eigenvalue weighted by Crippen LogP contribution is -2.55. The Bertz CT molecular complexity index is 1240. The minimum atomic E-state index is -1.98. The van der Waals surface area contributed by atoms with Gasteiger partial charge in [0.25, 0.3) is 0 Å². The summed E-state index contributed by atoms with van der Waals surface area (Å²) in [4.78, 5) is 44.2. The van der Waals surface area contributed by atoms with Crippen LogP contribution in [0.15, 0.2) is 53.9 Å². The highest BCUT2D eigenvalue weighted by atomic mass is 32.1. The minimum Gasteiger partial charge on any atom is -0.488 e. The van der Waals surface area contributed by atoms with E-state index in [0.717, 1.165) is 37.5 Å².